The maximum atomic E-state index is 12.3. The van der Waals surface area contributed by atoms with E-state index in [1.165, 1.54) is 18.2 Å². The lowest BCUT2D eigenvalue weighted by Crippen LogP contribution is -2.07. The van der Waals surface area contributed by atoms with E-state index in [1.54, 1.807) is 6.92 Å². The molecule has 2 aromatic rings. The van der Waals surface area contributed by atoms with Crippen LogP contribution >= 0.6 is 0 Å². The van der Waals surface area contributed by atoms with Gasteiger partial charge in [0.2, 0.25) is 0 Å². The molecule has 0 amide bonds. The number of halogens is 3. The quantitative estimate of drug-likeness (QED) is 0.783. The van der Waals surface area contributed by atoms with Gasteiger partial charge < -0.3 is 4.52 Å². The molecule has 4 nitrogen and oxygen atoms in total. The molecule has 0 bridgehead atoms. The SMILES string of the molecule is Cc1cc(C#N)ccc1-c1nc(C(F)(F)F)no1. The average Bonchev–Trinajstić information content (AvgIpc) is 2.77. The zero-order valence-corrected chi connectivity index (χ0v) is 9.12. The highest BCUT2D eigenvalue weighted by Gasteiger charge is 2.37. The Kier molecular flexibility index (Phi) is 2.79. The third kappa shape index (κ3) is 2.18. The van der Waals surface area contributed by atoms with Crippen LogP contribution in [0.4, 0.5) is 13.2 Å². The Hall–Kier alpha value is -2.36. The zero-order chi connectivity index (χ0) is 13.3. The van der Waals surface area contributed by atoms with Gasteiger partial charge in [-0.25, -0.2) is 0 Å². The Morgan fingerprint density at radius 1 is 1.33 bits per heavy atom. The molecule has 0 atom stereocenters. The fourth-order valence-electron chi connectivity index (χ4n) is 1.42. The summed E-state index contributed by atoms with van der Waals surface area (Å²) in [5, 5.41) is 11.6. The van der Waals surface area contributed by atoms with Crippen LogP contribution in [0.5, 0.6) is 0 Å². The maximum Gasteiger partial charge on any atom is 0.455 e. The van der Waals surface area contributed by atoms with E-state index < -0.39 is 12.0 Å². The minimum atomic E-state index is -4.64. The largest absolute Gasteiger partial charge is 0.455 e. The van der Waals surface area contributed by atoms with E-state index in [0.717, 1.165) is 0 Å². The summed E-state index contributed by atoms with van der Waals surface area (Å²) in [7, 11) is 0. The highest BCUT2D eigenvalue weighted by molar-refractivity contribution is 5.60. The first kappa shape index (κ1) is 12.1. The monoisotopic (exact) mass is 253 g/mol. The van der Waals surface area contributed by atoms with E-state index in [2.05, 4.69) is 14.7 Å². The van der Waals surface area contributed by atoms with Crippen molar-refractivity contribution in [3.05, 3.63) is 35.2 Å². The van der Waals surface area contributed by atoms with Crippen molar-refractivity contribution < 1.29 is 17.7 Å². The number of rotatable bonds is 1. The van der Waals surface area contributed by atoms with Crippen molar-refractivity contribution >= 4 is 0 Å². The molecule has 1 aromatic heterocycles. The van der Waals surface area contributed by atoms with Crippen molar-refractivity contribution in [3.8, 4) is 17.5 Å². The summed E-state index contributed by atoms with van der Waals surface area (Å²) >= 11 is 0. The second-order valence-electron chi connectivity index (χ2n) is 3.56. The number of aryl methyl sites for hydroxylation is 1. The van der Waals surface area contributed by atoms with Gasteiger partial charge in [0.1, 0.15) is 0 Å². The Morgan fingerprint density at radius 3 is 2.56 bits per heavy atom. The predicted octanol–water partition coefficient (Wildman–Crippen LogP) is 2.94. The molecule has 0 unspecified atom stereocenters. The van der Waals surface area contributed by atoms with Crippen LogP contribution in [0.3, 0.4) is 0 Å². The van der Waals surface area contributed by atoms with Crippen LogP contribution in [-0.2, 0) is 6.18 Å². The summed E-state index contributed by atoms with van der Waals surface area (Å²) in [5.41, 5.74) is 1.37. The number of nitrogens with zero attached hydrogens (tertiary/aromatic N) is 3. The van der Waals surface area contributed by atoms with E-state index >= 15 is 0 Å². The molecule has 0 saturated heterocycles. The van der Waals surface area contributed by atoms with Crippen molar-refractivity contribution in [2.45, 2.75) is 13.1 Å². The Bertz CT molecular complexity index is 625. The lowest BCUT2D eigenvalue weighted by Gasteiger charge is -2.00. The van der Waals surface area contributed by atoms with Gasteiger partial charge in [0.25, 0.3) is 11.7 Å². The first-order chi connectivity index (χ1) is 8.41. The van der Waals surface area contributed by atoms with Gasteiger partial charge in [-0.1, -0.05) is 5.16 Å². The fraction of sp³-hybridized carbons (Fsp3) is 0.182. The van der Waals surface area contributed by atoms with Crippen LogP contribution in [0.2, 0.25) is 0 Å². The van der Waals surface area contributed by atoms with Crippen molar-refractivity contribution in [1.82, 2.24) is 10.1 Å². The van der Waals surface area contributed by atoms with E-state index in [4.69, 9.17) is 5.26 Å². The Labute approximate surface area is 99.7 Å². The van der Waals surface area contributed by atoms with Gasteiger partial charge in [0.15, 0.2) is 0 Å². The molecule has 92 valence electrons. The standard InChI is InChI=1S/C11H6F3N3O/c1-6-4-7(5-15)2-3-8(6)9-16-10(17-18-9)11(12,13)14/h2-4H,1H3. The molecule has 18 heavy (non-hydrogen) atoms. The normalized spacial score (nSPS) is 11.3. The van der Waals surface area contributed by atoms with Gasteiger partial charge in [-0.2, -0.15) is 23.4 Å². The van der Waals surface area contributed by atoms with Gasteiger partial charge in [0.05, 0.1) is 11.6 Å². The Morgan fingerprint density at radius 2 is 2.06 bits per heavy atom. The maximum absolute atomic E-state index is 12.3. The smallest absolute Gasteiger partial charge is 0.334 e. The second kappa shape index (κ2) is 4.14. The average molecular weight is 253 g/mol. The van der Waals surface area contributed by atoms with Gasteiger partial charge in [-0.3, -0.25) is 0 Å². The van der Waals surface area contributed by atoms with Crippen LogP contribution in [0.25, 0.3) is 11.5 Å². The van der Waals surface area contributed by atoms with Crippen LogP contribution in [-0.4, -0.2) is 10.1 Å². The first-order valence-corrected chi connectivity index (χ1v) is 4.84. The molecule has 0 aliphatic rings. The van der Waals surface area contributed by atoms with E-state index in [-0.39, 0.29) is 5.89 Å². The molecule has 1 heterocycles. The summed E-state index contributed by atoms with van der Waals surface area (Å²) in [4.78, 5) is 3.28. The Balaban J connectivity index is 2.44. The molecule has 2 rings (SSSR count). The van der Waals surface area contributed by atoms with Gasteiger partial charge in [0, 0.05) is 5.56 Å². The van der Waals surface area contributed by atoms with Crippen molar-refractivity contribution in [3.63, 3.8) is 0 Å². The number of hydrogen-bond acceptors (Lipinski definition) is 4. The van der Waals surface area contributed by atoms with Crippen LogP contribution in [0.1, 0.15) is 17.0 Å². The third-order valence-electron chi connectivity index (χ3n) is 2.27. The minimum Gasteiger partial charge on any atom is -0.334 e. The molecule has 0 saturated carbocycles. The summed E-state index contributed by atoms with van der Waals surface area (Å²) in [5.74, 6) is -1.54. The highest BCUT2D eigenvalue weighted by Crippen LogP contribution is 2.29. The highest BCUT2D eigenvalue weighted by atomic mass is 19.4. The number of alkyl halides is 3. The van der Waals surface area contributed by atoms with Crippen LogP contribution in [0, 0.1) is 18.3 Å². The van der Waals surface area contributed by atoms with E-state index in [0.29, 0.717) is 16.7 Å². The van der Waals surface area contributed by atoms with E-state index in [1.807, 2.05) is 6.07 Å². The third-order valence-corrected chi connectivity index (χ3v) is 2.27. The molecule has 0 aliphatic carbocycles. The molecule has 1 aromatic carbocycles. The molecular weight excluding hydrogens is 247 g/mol. The fourth-order valence-corrected chi connectivity index (χ4v) is 1.42. The summed E-state index contributed by atoms with van der Waals surface area (Å²) in [6.07, 6.45) is -4.64. The van der Waals surface area contributed by atoms with Gasteiger partial charge in [-0.15, -0.1) is 0 Å². The summed E-state index contributed by atoms with van der Waals surface area (Å²) < 4.78 is 41.5. The summed E-state index contributed by atoms with van der Waals surface area (Å²) in [6, 6.07) is 6.41. The molecule has 0 fully saturated rings. The molecule has 7 heteroatoms. The second-order valence-corrected chi connectivity index (χ2v) is 3.56. The summed E-state index contributed by atoms with van der Waals surface area (Å²) in [6.45, 7) is 1.65. The first-order valence-electron chi connectivity index (χ1n) is 4.84. The molecule has 0 radical (unpaired) electrons. The number of benzene rings is 1. The van der Waals surface area contributed by atoms with Crippen LogP contribution < -0.4 is 0 Å². The lowest BCUT2D eigenvalue weighted by atomic mass is 10.1. The van der Waals surface area contributed by atoms with Gasteiger partial charge >= 0.3 is 6.18 Å². The topological polar surface area (TPSA) is 62.7 Å². The number of nitriles is 1. The van der Waals surface area contributed by atoms with Gasteiger partial charge in [-0.05, 0) is 30.7 Å². The zero-order valence-electron chi connectivity index (χ0n) is 9.12. The minimum absolute atomic E-state index is 0.218. The molecule has 0 aliphatic heterocycles. The number of hydrogen-bond donors (Lipinski definition) is 0. The molecular formula is C11H6F3N3O. The van der Waals surface area contributed by atoms with Crippen molar-refractivity contribution in [2.24, 2.45) is 0 Å². The van der Waals surface area contributed by atoms with Crippen molar-refractivity contribution in [1.29, 1.82) is 5.26 Å². The van der Waals surface area contributed by atoms with Crippen LogP contribution in [0.15, 0.2) is 22.7 Å². The van der Waals surface area contributed by atoms with E-state index in [9.17, 15) is 13.2 Å². The number of aromatic nitrogens is 2. The molecule has 0 spiro atoms. The lowest BCUT2D eigenvalue weighted by molar-refractivity contribution is -0.146. The predicted molar refractivity (Wildman–Crippen MR) is 54.2 cm³/mol. The molecule has 0 N–H and O–H groups in total. The van der Waals surface area contributed by atoms with Crippen molar-refractivity contribution in [2.75, 3.05) is 0 Å².